The molecule has 14 heavy (non-hydrogen) atoms. The van der Waals surface area contributed by atoms with Gasteiger partial charge in [-0.1, -0.05) is 0 Å². The summed E-state index contributed by atoms with van der Waals surface area (Å²) in [6, 6.07) is 4.18. The molecular formula is C11H16N2O. The second kappa shape index (κ2) is 3.96. The number of hydrogen-bond acceptors (Lipinski definition) is 3. The van der Waals surface area contributed by atoms with Gasteiger partial charge in [-0.15, -0.1) is 0 Å². The van der Waals surface area contributed by atoms with E-state index in [1.54, 1.807) is 7.11 Å². The van der Waals surface area contributed by atoms with Gasteiger partial charge in [0.2, 0.25) is 0 Å². The molecule has 3 heteroatoms. The second-order valence-electron chi connectivity index (χ2n) is 3.75. The summed E-state index contributed by atoms with van der Waals surface area (Å²) in [5.41, 5.74) is 2.27. The molecule has 1 aromatic rings. The summed E-state index contributed by atoms with van der Waals surface area (Å²) >= 11 is 0. The zero-order chi connectivity index (χ0) is 9.97. The van der Waals surface area contributed by atoms with Gasteiger partial charge in [0.05, 0.1) is 18.0 Å². The van der Waals surface area contributed by atoms with Crippen LogP contribution in [0.1, 0.15) is 12.1 Å². The van der Waals surface area contributed by atoms with E-state index in [0.717, 1.165) is 25.2 Å². The van der Waals surface area contributed by atoms with E-state index >= 15 is 0 Å². The highest BCUT2D eigenvalue weighted by molar-refractivity contribution is 5.45. The minimum Gasteiger partial charge on any atom is -0.380 e. The second-order valence-corrected chi connectivity index (χ2v) is 3.75. The average Bonchev–Trinajstić information content (AvgIpc) is 2.67. The van der Waals surface area contributed by atoms with Crippen LogP contribution in [-0.4, -0.2) is 31.3 Å². The standard InChI is InChI=1S/C11H16N2O/c1-9-3-4-10(7-12-9)13-6-5-11(8-13)14-2/h3-4,7,11H,5-6,8H2,1-2H3. The summed E-state index contributed by atoms with van der Waals surface area (Å²) in [7, 11) is 1.78. The van der Waals surface area contributed by atoms with Crippen LogP contribution in [0, 0.1) is 6.92 Å². The van der Waals surface area contributed by atoms with E-state index in [0.29, 0.717) is 6.10 Å². The molecule has 0 N–H and O–H groups in total. The fraction of sp³-hybridized carbons (Fsp3) is 0.545. The lowest BCUT2D eigenvalue weighted by Crippen LogP contribution is -2.22. The maximum Gasteiger partial charge on any atom is 0.0762 e. The lowest BCUT2D eigenvalue weighted by atomic mass is 10.3. The highest BCUT2D eigenvalue weighted by atomic mass is 16.5. The predicted octanol–water partition coefficient (Wildman–Crippen LogP) is 1.62. The van der Waals surface area contributed by atoms with E-state index < -0.39 is 0 Å². The maximum absolute atomic E-state index is 5.32. The first-order valence-corrected chi connectivity index (χ1v) is 5.00. The van der Waals surface area contributed by atoms with Gasteiger partial charge in [0, 0.05) is 25.9 Å². The van der Waals surface area contributed by atoms with Crippen LogP contribution in [-0.2, 0) is 4.74 Å². The van der Waals surface area contributed by atoms with E-state index in [9.17, 15) is 0 Å². The number of nitrogens with zero attached hydrogens (tertiary/aromatic N) is 2. The number of aryl methyl sites for hydroxylation is 1. The topological polar surface area (TPSA) is 25.4 Å². The third-order valence-corrected chi connectivity index (χ3v) is 2.74. The molecule has 1 fully saturated rings. The zero-order valence-electron chi connectivity index (χ0n) is 8.73. The number of anilines is 1. The summed E-state index contributed by atoms with van der Waals surface area (Å²) in [4.78, 5) is 6.61. The molecule has 0 spiro atoms. The van der Waals surface area contributed by atoms with Crippen molar-refractivity contribution in [2.24, 2.45) is 0 Å². The molecular weight excluding hydrogens is 176 g/mol. The third kappa shape index (κ3) is 1.87. The van der Waals surface area contributed by atoms with Gasteiger partial charge in [0.1, 0.15) is 0 Å². The van der Waals surface area contributed by atoms with Crippen molar-refractivity contribution in [3.63, 3.8) is 0 Å². The first-order chi connectivity index (χ1) is 6.79. The molecule has 1 saturated heterocycles. The van der Waals surface area contributed by atoms with Crippen LogP contribution in [0.2, 0.25) is 0 Å². The van der Waals surface area contributed by atoms with E-state index in [4.69, 9.17) is 4.74 Å². The summed E-state index contributed by atoms with van der Waals surface area (Å²) < 4.78 is 5.32. The smallest absolute Gasteiger partial charge is 0.0762 e. The molecule has 2 heterocycles. The van der Waals surface area contributed by atoms with Crippen molar-refractivity contribution in [3.8, 4) is 0 Å². The lowest BCUT2D eigenvalue weighted by Gasteiger charge is -2.17. The van der Waals surface area contributed by atoms with Crippen LogP contribution < -0.4 is 4.90 Å². The Hall–Kier alpha value is -1.09. The zero-order valence-corrected chi connectivity index (χ0v) is 8.73. The van der Waals surface area contributed by atoms with Gasteiger partial charge >= 0.3 is 0 Å². The Balaban J connectivity index is 2.06. The number of pyridine rings is 1. The number of ether oxygens (including phenoxy) is 1. The number of methoxy groups -OCH3 is 1. The Labute approximate surface area is 84.7 Å². The van der Waals surface area contributed by atoms with Crippen LogP contribution in [0.15, 0.2) is 18.3 Å². The Morgan fingerprint density at radius 1 is 1.50 bits per heavy atom. The van der Waals surface area contributed by atoms with Gasteiger partial charge in [-0.2, -0.15) is 0 Å². The molecule has 1 aliphatic heterocycles. The fourth-order valence-corrected chi connectivity index (χ4v) is 1.80. The molecule has 0 saturated carbocycles. The largest absolute Gasteiger partial charge is 0.380 e. The van der Waals surface area contributed by atoms with Gasteiger partial charge in [-0.25, -0.2) is 0 Å². The molecule has 76 valence electrons. The van der Waals surface area contributed by atoms with Crippen LogP contribution in [0.25, 0.3) is 0 Å². The van der Waals surface area contributed by atoms with E-state index in [1.807, 2.05) is 13.1 Å². The molecule has 1 unspecified atom stereocenters. The van der Waals surface area contributed by atoms with Gasteiger partial charge < -0.3 is 9.64 Å². The Morgan fingerprint density at radius 2 is 2.36 bits per heavy atom. The normalized spacial score (nSPS) is 21.6. The van der Waals surface area contributed by atoms with Crippen molar-refractivity contribution < 1.29 is 4.74 Å². The minimum atomic E-state index is 0.385. The van der Waals surface area contributed by atoms with E-state index in [-0.39, 0.29) is 0 Å². The molecule has 0 radical (unpaired) electrons. The predicted molar refractivity (Wildman–Crippen MR) is 56.6 cm³/mol. The van der Waals surface area contributed by atoms with E-state index in [2.05, 4.69) is 22.0 Å². The van der Waals surface area contributed by atoms with Gasteiger partial charge in [-0.05, 0) is 25.5 Å². The lowest BCUT2D eigenvalue weighted by molar-refractivity contribution is 0.121. The Kier molecular flexibility index (Phi) is 2.68. The van der Waals surface area contributed by atoms with Crippen molar-refractivity contribution >= 4 is 5.69 Å². The monoisotopic (exact) mass is 192 g/mol. The quantitative estimate of drug-likeness (QED) is 0.712. The van der Waals surface area contributed by atoms with Crippen LogP contribution in [0.5, 0.6) is 0 Å². The highest BCUT2D eigenvalue weighted by Crippen LogP contribution is 2.20. The molecule has 3 nitrogen and oxygen atoms in total. The van der Waals surface area contributed by atoms with Gasteiger partial charge in [0.15, 0.2) is 0 Å². The Bertz CT molecular complexity index is 297. The summed E-state index contributed by atoms with van der Waals surface area (Å²) in [6.45, 7) is 4.07. The van der Waals surface area contributed by atoms with E-state index in [1.165, 1.54) is 5.69 Å². The molecule has 0 bridgehead atoms. The molecule has 0 amide bonds. The molecule has 1 atom stereocenters. The van der Waals surface area contributed by atoms with Crippen LogP contribution >= 0.6 is 0 Å². The first kappa shape index (κ1) is 9.46. The van der Waals surface area contributed by atoms with Crippen molar-refractivity contribution in [1.29, 1.82) is 0 Å². The third-order valence-electron chi connectivity index (χ3n) is 2.74. The summed E-state index contributed by atoms with van der Waals surface area (Å²) in [6.07, 6.45) is 3.44. The van der Waals surface area contributed by atoms with Gasteiger partial charge in [-0.3, -0.25) is 4.98 Å². The maximum atomic E-state index is 5.32. The number of hydrogen-bond donors (Lipinski definition) is 0. The van der Waals surface area contributed by atoms with Gasteiger partial charge in [0.25, 0.3) is 0 Å². The average molecular weight is 192 g/mol. The highest BCUT2D eigenvalue weighted by Gasteiger charge is 2.21. The molecule has 0 aliphatic carbocycles. The molecule has 1 aromatic heterocycles. The first-order valence-electron chi connectivity index (χ1n) is 5.00. The summed E-state index contributed by atoms with van der Waals surface area (Å²) in [5.74, 6) is 0. The van der Waals surface area contributed by atoms with Crippen LogP contribution in [0.3, 0.4) is 0 Å². The molecule has 2 rings (SSSR count). The minimum absolute atomic E-state index is 0.385. The van der Waals surface area contributed by atoms with Crippen molar-refractivity contribution in [2.45, 2.75) is 19.4 Å². The van der Waals surface area contributed by atoms with Crippen molar-refractivity contribution in [3.05, 3.63) is 24.0 Å². The van der Waals surface area contributed by atoms with Crippen LogP contribution in [0.4, 0.5) is 5.69 Å². The van der Waals surface area contributed by atoms with Crippen molar-refractivity contribution in [1.82, 2.24) is 4.98 Å². The Morgan fingerprint density at radius 3 is 2.93 bits per heavy atom. The summed E-state index contributed by atoms with van der Waals surface area (Å²) in [5, 5.41) is 0. The SMILES string of the molecule is COC1CCN(c2ccc(C)nc2)C1. The number of rotatable bonds is 2. The molecule has 1 aliphatic rings. The molecule has 0 aromatic carbocycles. The van der Waals surface area contributed by atoms with Crippen molar-refractivity contribution in [2.75, 3.05) is 25.1 Å². The number of aromatic nitrogens is 1. The fourth-order valence-electron chi connectivity index (χ4n) is 1.80.